The molecule has 2 radical (unpaired) electrons. The summed E-state index contributed by atoms with van der Waals surface area (Å²) >= 11 is 0. The molecule has 52 valence electrons. The minimum Gasteiger partial charge on any atom is -1.00 e. The predicted octanol–water partition coefficient (Wildman–Crippen LogP) is -7.14. The van der Waals surface area contributed by atoms with Crippen LogP contribution in [0.3, 0.4) is 0 Å². The normalized spacial score (nSPS) is 2.25. The monoisotopic (exact) mass is 208 g/mol. The summed E-state index contributed by atoms with van der Waals surface area (Å²) in [6, 6.07) is 0. The number of rotatable bonds is 0. The Kier molecular flexibility index (Phi) is 2620. The molecule has 0 atom stereocenters. The standard InChI is InChI=1S/2Fe.3O2/c;;3*1-2/q2*+3;3*-2. The van der Waals surface area contributed by atoms with Crippen molar-refractivity contribution in [2.24, 2.45) is 0 Å². The predicted molar refractivity (Wildman–Crippen MR) is 0 cm³/mol. The molecule has 0 aliphatic rings. The van der Waals surface area contributed by atoms with Gasteiger partial charge in [0.15, 0.2) is 0 Å². The van der Waals surface area contributed by atoms with Crippen LogP contribution >= 0.6 is 0 Å². The minimum atomic E-state index is 0. The van der Waals surface area contributed by atoms with Crippen molar-refractivity contribution in [2.75, 3.05) is 0 Å². The van der Waals surface area contributed by atoms with Gasteiger partial charge in [0.25, 0.3) is 0 Å². The topological polar surface area (TPSA) is 138 Å². The van der Waals surface area contributed by atoms with Crippen molar-refractivity contribution < 1.29 is 65.7 Å². The Morgan fingerprint density at radius 3 is 0.375 bits per heavy atom. The van der Waals surface area contributed by atoms with Gasteiger partial charge in [-0.25, -0.2) is 0 Å². The summed E-state index contributed by atoms with van der Waals surface area (Å²) in [5.41, 5.74) is 0. The Bertz CT molecular complexity index is 6.49. The van der Waals surface area contributed by atoms with Crippen LogP contribution in [0.4, 0.5) is 0 Å². The van der Waals surface area contributed by atoms with E-state index in [4.69, 9.17) is 31.5 Å². The fraction of sp³-hybridized carbons (Fsp3) is 0. The van der Waals surface area contributed by atoms with E-state index in [9.17, 15) is 0 Å². The van der Waals surface area contributed by atoms with E-state index in [0.29, 0.717) is 0 Å². The molecule has 8 heteroatoms. The fourth-order valence-corrected chi connectivity index (χ4v) is 0. The van der Waals surface area contributed by atoms with E-state index in [1.165, 1.54) is 0 Å². The molecule has 0 saturated carbocycles. The molecule has 0 spiro atoms. The van der Waals surface area contributed by atoms with Gasteiger partial charge >= 0.3 is 34.1 Å². The Hall–Kier alpha value is 0.799. The summed E-state index contributed by atoms with van der Waals surface area (Å²) in [7, 11) is 0. The molecule has 8 heavy (non-hydrogen) atoms. The average molecular weight is 208 g/mol. The van der Waals surface area contributed by atoms with Crippen LogP contribution < -0.4 is 31.5 Å². The van der Waals surface area contributed by atoms with E-state index in [2.05, 4.69) is 0 Å². The summed E-state index contributed by atoms with van der Waals surface area (Å²) in [5, 5.41) is 42.0. The molecule has 0 fully saturated rings. The van der Waals surface area contributed by atoms with Crippen LogP contribution in [-0.2, 0) is 34.1 Å². The summed E-state index contributed by atoms with van der Waals surface area (Å²) in [6.45, 7) is 0. The first-order valence-electron chi connectivity index (χ1n) is 0.500. The largest absolute Gasteiger partial charge is 3.00 e. The zero-order valence-corrected chi connectivity index (χ0v) is 5.36. The van der Waals surface area contributed by atoms with Gasteiger partial charge in [0.05, 0.1) is 0 Å². The zero-order valence-electron chi connectivity index (χ0n) is 3.16. The molecule has 0 aliphatic carbocycles. The first-order valence-corrected chi connectivity index (χ1v) is 0.500. The second-order valence-electron chi connectivity index (χ2n) is 0. The molecule has 0 aromatic heterocycles. The Balaban J connectivity index is -0.00000000500. The van der Waals surface area contributed by atoms with Crippen LogP contribution in [0.5, 0.6) is 0 Å². The van der Waals surface area contributed by atoms with Gasteiger partial charge < -0.3 is 31.5 Å². The first-order chi connectivity index (χ1) is 3.00. The molecule has 0 bridgehead atoms. The third kappa shape index (κ3) is 358. The maximum atomic E-state index is 7.00. The van der Waals surface area contributed by atoms with Crippen molar-refractivity contribution in [3.05, 3.63) is 0 Å². The number of hydrogen-bond acceptors (Lipinski definition) is 6. The van der Waals surface area contributed by atoms with Gasteiger partial charge in [-0.15, -0.1) is 0 Å². The third-order valence-corrected chi connectivity index (χ3v) is 0. The van der Waals surface area contributed by atoms with E-state index >= 15 is 0 Å². The van der Waals surface area contributed by atoms with E-state index in [0.717, 1.165) is 0 Å². The van der Waals surface area contributed by atoms with Crippen molar-refractivity contribution in [3.8, 4) is 0 Å². The summed E-state index contributed by atoms with van der Waals surface area (Å²) < 4.78 is 0. The van der Waals surface area contributed by atoms with Gasteiger partial charge in [-0.2, -0.15) is 0 Å². The first kappa shape index (κ1) is 37.1. The Morgan fingerprint density at radius 2 is 0.375 bits per heavy atom. The zero-order chi connectivity index (χ0) is 6.00. The van der Waals surface area contributed by atoms with Gasteiger partial charge in [-0.1, -0.05) is 0 Å². The quantitative estimate of drug-likeness (QED) is 0.220. The van der Waals surface area contributed by atoms with Crippen molar-refractivity contribution in [1.29, 1.82) is 0 Å². The van der Waals surface area contributed by atoms with Crippen LogP contribution in [0.15, 0.2) is 0 Å². The van der Waals surface area contributed by atoms with Gasteiger partial charge in [0, 0.05) is 0 Å². The van der Waals surface area contributed by atoms with Crippen LogP contribution in [0.1, 0.15) is 0 Å². The van der Waals surface area contributed by atoms with Crippen LogP contribution in [0, 0.1) is 0 Å². The van der Waals surface area contributed by atoms with E-state index < -0.39 is 0 Å². The molecule has 0 rings (SSSR count). The molecule has 6 nitrogen and oxygen atoms in total. The third-order valence-electron chi connectivity index (χ3n) is 0. The molecule has 0 saturated heterocycles. The maximum Gasteiger partial charge on any atom is 3.00 e. The Labute approximate surface area is 66.1 Å². The molecule has 0 heterocycles. The van der Waals surface area contributed by atoms with E-state index in [1.54, 1.807) is 0 Å². The van der Waals surface area contributed by atoms with Crippen molar-refractivity contribution in [2.45, 2.75) is 0 Å². The number of hydrogen-bond donors (Lipinski definition) is 0. The molecule has 0 unspecified atom stereocenters. The maximum absolute atomic E-state index is 7.00. The minimum absolute atomic E-state index is 0. The fourth-order valence-electron chi connectivity index (χ4n) is 0. The second-order valence-corrected chi connectivity index (χ2v) is 0. The molecular formula is Fe2O6. The van der Waals surface area contributed by atoms with Crippen molar-refractivity contribution >= 4 is 0 Å². The molecule has 0 aromatic rings. The smallest absolute Gasteiger partial charge is 1.00 e. The summed E-state index contributed by atoms with van der Waals surface area (Å²) in [6.07, 6.45) is 0. The van der Waals surface area contributed by atoms with Gasteiger partial charge in [0.1, 0.15) is 0 Å². The summed E-state index contributed by atoms with van der Waals surface area (Å²) in [5.74, 6) is 0. The Morgan fingerprint density at radius 1 is 0.375 bits per heavy atom. The van der Waals surface area contributed by atoms with Crippen molar-refractivity contribution in [3.63, 3.8) is 0 Å². The van der Waals surface area contributed by atoms with Gasteiger partial charge in [-0.05, 0) is 0 Å². The van der Waals surface area contributed by atoms with Crippen molar-refractivity contribution in [1.82, 2.24) is 0 Å². The molecule has 0 aromatic carbocycles. The molecule has 0 amide bonds. The average Bonchev–Trinajstić information content (AvgIpc) is 1.81. The van der Waals surface area contributed by atoms with Gasteiger partial charge in [0.2, 0.25) is 0 Å². The molecule has 0 aliphatic heterocycles. The van der Waals surface area contributed by atoms with Crippen LogP contribution in [-0.4, -0.2) is 0 Å². The van der Waals surface area contributed by atoms with E-state index in [-0.39, 0.29) is 34.1 Å². The summed E-state index contributed by atoms with van der Waals surface area (Å²) in [4.78, 5) is 0. The second kappa shape index (κ2) is 565. The molecule has 0 N–H and O–H groups in total. The van der Waals surface area contributed by atoms with Gasteiger partial charge in [-0.3, -0.25) is 0 Å². The van der Waals surface area contributed by atoms with Crippen LogP contribution in [0.25, 0.3) is 0 Å². The van der Waals surface area contributed by atoms with E-state index in [1.807, 2.05) is 0 Å². The van der Waals surface area contributed by atoms with Crippen LogP contribution in [0.2, 0.25) is 0 Å². The SMILES string of the molecule is [Fe+3].[Fe+3].[O-][O-].[O-][O-].[O-][O-]. The molecular weight excluding hydrogens is 208 g/mol.